The summed E-state index contributed by atoms with van der Waals surface area (Å²) in [6.07, 6.45) is 2.21. The first-order valence-electron chi connectivity index (χ1n) is 7.94. The summed E-state index contributed by atoms with van der Waals surface area (Å²) in [4.78, 5) is 29.3. The molecule has 2 aliphatic rings. The lowest BCUT2D eigenvalue weighted by Gasteiger charge is -2.37. The zero-order valence-corrected chi connectivity index (χ0v) is 13.1. The van der Waals surface area contributed by atoms with Crippen molar-refractivity contribution in [2.75, 3.05) is 45.8 Å². The maximum absolute atomic E-state index is 12.3. The molecule has 2 fully saturated rings. The molecular formula is C15H27N3O3. The number of aliphatic carboxylic acids is 1. The molecule has 1 unspecified atom stereocenters. The second-order valence-corrected chi connectivity index (χ2v) is 6.39. The highest BCUT2D eigenvalue weighted by Gasteiger charge is 2.27. The van der Waals surface area contributed by atoms with E-state index in [9.17, 15) is 9.59 Å². The molecule has 1 atom stereocenters. The highest BCUT2D eigenvalue weighted by atomic mass is 16.4. The van der Waals surface area contributed by atoms with Gasteiger partial charge in [0.15, 0.2) is 0 Å². The Balaban J connectivity index is 1.73. The molecule has 0 aromatic rings. The number of carboxylic acid groups (broad SMARTS) is 1. The first kappa shape index (κ1) is 16.2. The van der Waals surface area contributed by atoms with Crippen LogP contribution >= 0.6 is 0 Å². The molecule has 0 radical (unpaired) electrons. The number of carbonyl (C=O) groups excluding carboxylic acids is 1. The van der Waals surface area contributed by atoms with E-state index in [1.807, 2.05) is 9.80 Å². The van der Waals surface area contributed by atoms with Crippen LogP contribution in [0.5, 0.6) is 0 Å². The van der Waals surface area contributed by atoms with Crippen LogP contribution in [-0.4, -0.2) is 83.5 Å². The number of rotatable bonds is 4. The molecule has 21 heavy (non-hydrogen) atoms. The van der Waals surface area contributed by atoms with Crippen LogP contribution in [0.1, 0.15) is 26.7 Å². The fourth-order valence-corrected chi connectivity index (χ4v) is 3.01. The van der Waals surface area contributed by atoms with Gasteiger partial charge in [-0.1, -0.05) is 6.92 Å². The van der Waals surface area contributed by atoms with Gasteiger partial charge in [-0.3, -0.25) is 19.4 Å². The van der Waals surface area contributed by atoms with E-state index in [1.165, 1.54) is 0 Å². The van der Waals surface area contributed by atoms with Crippen molar-refractivity contribution < 1.29 is 14.7 Å². The molecule has 2 heterocycles. The zero-order chi connectivity index (χ0) is 15.4. The third-order valence-corrected chi connectivity index (χ3v) is 4.81. The molecule has 120 valence electrons. The summed E-state index contributed by atoms with van der Waals surface area (Å²) in [6, 6.07) is -0.438. The third kappa shape index (κ3) is 4.41. The van der Waals surface area contributed by atoms with Crippen molar-refractivity contribution in [2.24, 2.45) is 5.92 Å². The summed E-state index contributed by atoms with van der Waals surface area (Å²) >= 11 is 0. The van der Waals surface area contributed by atoms with Gasteiger partial charge in [-0.2, -0.15) is 0 Å². The molecule has 1 N–H and O–H groups in total. The van der Waals surface area contributed by atoms with Gasteiger partial charge in [-0.05, 0) is 25.7 Å². The molecule has 2 aliphatic heterocycles. The number of amides is 1. The fraction of sp³-hybridized carbons (Fsp3) is 0.867. The lowest BCUT2D eigenvalue weighted by molar-refractivity contribution is -0.144. The zero-order valence-electron chi connectivity index (χ0n) is 13.1. The molecule has 2 rings (SSSR count). The number of piperidine rings is 1. The van der Waals surface area contributed by atoms with Gasteiger partial charge in [0.05, 0.1) is 6.54 Å². The largest absolute Gasteiger partial charge is 0.480 e. The Hall–Kier alpha value is -1.14. The summed E-state index contributed by atoms with van der Waals surface area (Å²) in [5, 5.41) is 9.02. The van der Waals surface area contributed by atoms with Gasteiger partial charge in [0.25, 0.3) is 0 Å². The normalized spacial score (nSPS) is 24.0. The van der Waals surface area contributed by atoms with Crippen LogP contribution in [0, 0.1) is 5.92 Å². The van der Waals surface area contributed by atoms with E-state index in [0.717, 1.165) is 58.0 Å². The minimum absolute atomic E-state index is 0.224. The number of likely N-dealkylation sites (tertiary alicyclic amines) is 1. The number of hydrogen-bond acceptors (Lipinski definition) is 4. The molecular weight excluding hydrogens is 270 g/mol. The van der Waals surface area contributed by atoms with E-state index in [1.54, 1.807) is 6.92 Å². The number of carboxylic acids is 1. The Morgan fingerprint density at radius 2 is 1.67 bits per heavy atom. The molecule has 0 aromatic heterocycles. The van der Waals surface area contributed by atoms with E-state index in [4.69, 9.17) is 5.11 Å². The van der Waals surface area contributed by atoms with Crippen LogP contribution in [-0.2, 0) is 9.59 Å². The third-order valence-electron chi connectivity index (χ3n) is 4.81. The lowest BCUT2D eigenvalue weighted by Crippen LogP contribution is -2.54. The quantitative estimate of drug-likeness (QED) is 0.810. The highest BCUT2D eigenvalue weighted by Crippen LogP contribution is 2.16. The van der Waals surface area contributed by atoms with Crippen LogP contribution in [0.3, 0.4) is 0 Å². The summed E-state index contributed by atoms with van der Waals surface area (Å²) in [6.45, 7) is 9.19. The van der Waals surface area contributed by atoms with Gasteiger partial charge in [0.1, 0.15) is 6.04 Å². The van der Waals surface area contributed by atoms with Crippen LogP contribution < -0.4 is 0 Å². The monoisotopic (exact) mass is 297 g/mol. The molecule has 1 amide bonds. The first-order chi connectivity index (χ1) is 9.97. The Labute approximate surface area is 126 Å². The van der Waals surface area contributed by atoms with Crippen LogP contribution in [0.25, 0.3) is 0 Å². The van der Waals surface area contributed by atoms with Crippen molar-refractivity contribution in [3.63, 3.8) is 0 Å². The van der Waals surface area contributed by atoms with Gasteiger partial charge in [-0.25, -0.2) is 0 Å². The van der Waals surface area contributed by atoms with Gasteiger partial charge >= 0.3 is 5.97 Å². The van der Waals surface area contributed by atoms with E-state index in [0.29, 0.717) is 6.54 Å². The van der Waals surface area contributed by atoms with Crippen LogP contribution in [0.15, 0.2) is 0 Å². The Morgan fingerprint density at radius 1 is 1.10 bits per heavy atom. The minimum atomic E-state index is -0.776. The average molecular weight is 297 g/mol. The van der Waals surface area contributed by atoms with Crippen molar-refractivity contribution in [1.29, 1.82) is 0 Å². The summed E-state index contributed by atoms with van der Waals surface area (Å²) < 4.78 is 0. The van der Waals surface area contributed by atoms with E-state index < -0.39 is 12.0 Å². The Kier molecular flexibility index (Phi) is 5.58. The Morgan fingerprint density at radius 3 is 2.19 bits per heavy atom. The first-order valence-corrected chi connectivity index (χ1v) is 7.94. The van der Waals surface area contributed by atoms with E-state index in [-0.39, 0.29) is 5.91 Å². The molecule has 6 heteroatoms. The predicted octanol–water partition coefficient (Wildman–Crippen LogP) is 0.336. The van der Waals surface area contributed by atoms with Crippen molar-refractivity contribution in [3.8, 4) is 0 Å². The number of carbonyl (C=O) groups is 2. The van der Waals surface area contributed by atoms with Gasteiger partial charge in [0, 0.05) is 39.3 Å². The number of nitrogens with zero attached hydrogens (tertiary/aromatic N) is 3. The van der Waals surface area contributed by atoms with Crippen LogP contribution in [0.4, 0.5) is 0 Å². The van der Waals surface area contributed by atoms with E-state index >= 15 is 0 Å². The molecule has 0 spiro atoms. The predicted molar refractivity (Wildman–Crippen MR) is 80.1 cm³/mol. The van der Waals surface area contributed by atoms with Crippen molar-refractivity contribution in [2.45, 2.75) is 32.7 Å². The summed E-state index contributed by atoms with van der Waals surface area (Å²) in [7, 11) is 0. The molecule has 2 saturated heterocycles. The van der Waals surface area contributed by atoms with Gasteiger partial charge in [-0.15, -0.1) is 0 Å². The SMILES string of the molecule is CC1CCN(C(=O)CN2CCN(C(C)C(=O)O)CC2)CC1. The summed E-state index contributed by atoms with van der Waals surface area (Å²) in [5.41, 5.74) is 0. The van der Waals surface area contributed by atoms with Gasteiger partial charge < -0.3 is 10.0 Å². The second kappa shape index (κ2) is 7.22. The average Bonchev–Trinajstić information content (AvgIpc) is 2.47. The molecule has 0 aliphatic carbocycles. The number of piperazine rings is 1. The second-order valence-electron chi connectivity index (χ2n) is 6.39. The van der Waals surface area contributed by atoms with Crippen LogP contribution in [0.2, 0.25) is 0 Å². The number of hydrogen-bond donors (Lipinski definition) is 1. The molecule has 6 nitrogen and oxygen atoms in total. The fourth-order valence-electron chi connectivity index (χ4n) is 3.01. The standard InChI is InChI=1S/C15H27N3O3/c1-12-3-5-18(6-4-12)14(19)11-16-7-9-17(10-8-16)13(2)15(20)21/h12-13H,3-11H2,1-2H3,(H,20,21). The lowest BCUT2D eigenvalue weighted by atomic mass is 9.99. The van der Waals surface area contributed by atoms with Crippen molar-refractivity contribution in [1.82, 2.24) is 14.7 Å². The summed E-state index contributed by atoms with van der Waals surface area (Å²) in [5.74, 6) is 0.179. The smallest absolute Gasteiger partial charge is 0.320 e. The highest BCUT2D eigenvalue weighted by molar-refractivity contribution is 5.78. The Bertz CT molecular complexity index is 372. The maximum Gasteiger partial charge on any atom is 0.320 e. The molecule has 0 aromatic carbocycles. The molecule has 0 saturated carbocycles. The molecule has 0 bridgehead atoms. The van der Waals surface area contributed by atoms with Gasteiger partial charge in [0.2, 0.25) is 5.91 Å². The maximum atomic E-state index is 12.3. The van der Waals surface area contributed by atoms with E-state index in [2.05, 4.69) is 11.8 Å². The minimum Gasteiger partial charge on any atom is -0.480 e. The van der Waals surface area contributed by atoms with Crippen molar-refractivity contribution in [3.05, 3.63) is 0 Å². The van der Waals surface area contributed by atoms with Crippen molar-refractivity contribution >= 4 is 11.9 Å². The topological polar surface area (TPSA) is 64.1 Å².